The van der Waals surface area contributed by atoms with Crippen molar-refractivity contribution in [3.05, 3.63) is 35.0 Å². The van der Waals surface area contributed by atoms with Gasteiger partial charge in [-0.05, 0) is 43.5 Å². The molecule has 0 saturated carbocycles. The Balaban J connectivity index is 2.79. The fraction of sp³-hybridized carbons (Fsp3) is 0.429. The van der Waals surface area contributed by atoms with Crippen LogP contribution >= 0.6 is 0 Å². The first kappa shape index (κ1) is 11.2. The van der Waals surface area contributed by atoms with Crippen molar-refractivity contribution >= 4 is 10.9 Å². The predicted molar refractivity (Wildman–Crippen MR) is 69.9 cm³/mol. The quantitative estimate of drug-likeness (QED) is 0.822. The summed E-state index contributed by atoms with van der Waals surface area (Å²) in [7, 11) is 2.13. The Morgan fingerprint density at radius 3 is 2.62 bits per heavy atom. The highest BCUT2D eigenvalue weighted by Gasteiger charge is 2.16. The summed E-state index contributed by atoms with van der Waals surface area (Å²) in [4.78, 5) is 0. The van der Waals surface area contributed by atoms with Crippen LogP contribution < -0.4 is 5.73 Å². The van der Waals surface area contributed by atoms with Gasteiger partial charge in [0.25, 0.3) is 0 Å². The molecule has 0 aliphatic heterocycles. The number of fused-ring (bicyclic) bond motifs is 1. The van der Waals surface area contributed by atoms with Crippen LogP contribution in [0.3, 0.4) is 0 Å². The number of aromatic nitrogens is 1. The van der Waals surface area contributed by atoms with Crippen LogP contribution in [0.1, 0.15) is 29.7 Å². The standard InChI is InChI=1S/C14H20N2/c1-9-5-6-12-13(7-9)16(4)11(3)14(12)10(2)8-15/h5-7,10H,8,15H2,1-4H3. The van der Waals surface area contributed by atoms with Gasteiger partial charge in [0, 0.05) is 23.6 Å². The van der Waals surface area contributed by atoms with Crippen molar-refractivity contribution in [3.8, 4) is 0 Å². The lowest BCUT2D eigenvalue weighted by Crippen LogP contribution is -2.09. The molecule has 2 rings (SSSR count). The van der Waals surface area contributed by atoms with Gasteiger partial charge in [-0.3, -0.25) is 0 Å². The van der Waals surface area contributed by atoms with Gasteiger partial charge in [0.1, 0.15) is 0 Å². The molecule has 0 saturated heterocycles. The molecule has 2 heteroatoms. The molecule has 2 N–H and O–H groups in total. The van der Waals surface area contributed by atoms with Gasteiger partial charge in [-0.25, -0.2) is 0 Å². The van der Waals surface area contributed by atoms with Crippen LogP contribution in [0.15, 0.2) is 18.2 Å². The Labute approximate surface area is 97.1 Å². The highest BCUT2D eigenvalue weighted by Crippen LogP contribution is 2.31. The molecule has 1 heterocycles. The predicted octanol–water partition coefficient (Wildman–Crippen LogP) is 2.86. The maximum atomic E-state index is 5.79. The van der Waals surface area contributed by atoms with Gasteiger partial charge in [-0.15, -0.1) is 0 Å². The fourth-order valence-corrected chi connectivity index (χ4v) is 2.44. The van der Waals surface area contributed by atoms with Crippen LogP contribution in [-0.2, 0) is 7.05 Å². The topological polar surface area (TPSA) is 30.9 Å². The average Bonchev–Trinajstić information content (AvgIpc) is 2.52. The van der Waals surface area contributed by atoms with Gasteiger partial charge in [-0.1, -0.05) is 19.1 Å². The van der Waals surface area contributed by atoms with E-state index in [2.05, 4.69) is 50.6 Å². The molecule has 1 atom stereocenters. The summed E-state index contributed by atoms with van der Waals surface area (Å²) in [6.45, 7) is 7.21. The van der Waals surface area contributed by atoms with E-state index in [0.29, 0.717) is 12.5 Å². The molecule has 0 fully saturated rings. The van der Waals surface area contributed by atoms with Crippen molar-refractivity contribution in [3.63, 3.8) is 0 Å². The molecule has 1 aromatic carbocycles. The minimum absolute atomic E-state index is 0.423. The molecular weight excluding hydrogens is 196 g/mol. The van der Waals surface area contributed by atoms with Crippen molar-refractivity contribution in [2.24, 2.45) is 12.8 Å². The minimum Gasteiger partial charge on any atom is -0.348 e. The molecule has 0 spiro atoms. The van der Waals surface area contributed by atoms with Crippen molar-refractivity contribution < 1.29 is 0 Å². The molecule has 1 aromatic heterocycles. The first-order valence-electron chi connectivity index (χ1n) is 5.81. The molecule has 0 aliphatic carbocycles. The number of benzene rings is 1. The summed E-state index contributed by atoms with van der Waals surface area (Å²) in [6.07, 6.45) is 0. The maximum Gasteiger partial charge on any atom is 0.0485 e. The van der Waals surface area contributed by atoms with Gasteiger partial charge in [-0.2, -0.15) is 0 Å². The maximum absolute atomic E-state index is 5.79. The molecule has 1 unspecified atom stereocenters. The summed E-state index contributed by atoms with van der Waals surface area (Å²) < 4.78 is 2.27. The van der Waals surface area contributed by atoms with Crippen LogP contribution in [0.25, 0.3) is 10.9 Å². The Morgan fingerprint density at radius 2 is 2.00 bits per heavy atom. The van der Waals surface area contributed by atoms with Crippen LogP contribution in [-0.4, -0.2) is 11.1 Å². The molecule has 2 nitrogen and oxygen atoms in total. The van der Waals surface area contributed by atoms with E-state index in [4.69, 9.17) is 5.73 Å². The zero-order valence-electron chi connectivity index (χ0n) is 10.5. The number of hydrogen-bond donors (Lipinski definition) is 1. The van der Waals surface area contributed by atoms with E-state index in [0.717, 1.165) is 0 Å². The second-order valence-electron chi connectivity index (χ2n) is 4.72. The molecular formula is C14H20N2. The Kier molecular flexibility index (Phi) is 2.76. The second kappa shape index (κ2) is 3.95. The van der Waals surface area contributed by atoms with E-state index >= 15 is 0 Å². The largest absolute Gasteiger partial charge is 0.348 e. The molecule has 0 radical (unpaired) electrons. The Morgan fingerprint density at radius 1 is 1.31 bits per heavy atom. The lowest BCUT2D eigenvalue weighted by molar-refractivity contribution is 0.761. The summed E-state index contributed by atoms with van der Waals surface area (Å²) >= 11 is 0. The molecule has 0 bridgehead atoms. The second-order valence-corrected chi connectivity index (χ2v) is 4.72. The molecule has 0 aliphatic rings. The van der Waals surface area contributed by atoms with Crippen LogP contribution in [0.4, 0.5) is 0 Å². The zero-order valence-corrected chi connectivity index (χ0v) is 10.5. The highest BCUT2D eigenvalue weighted by atomic mass is 14.9. The molecule has 0 amide bonds. The van der Waals surface area contributed by atoms with Crippen molar-refractivity contribution in [2.75, 3.05) is 6.54 Å². The van der Waals surface area contributed by atoms with Gasteiger partial charge in [0.05, 0.1) is 0 Å². The summed E-state index contributed by atoms with van der Waals surface area (Å²) in [5.41, 5.74) is 11.1. The van der Waals surface area contributed by atoms with Crippen molar-refractivity contribution in [1.82, 2.24) is 4.57 Å². The first-order chi connectivity index (χ1) is 7.56. The number of aryl methyl sites for hydroxylation is 2. The lowest BCUT2D eigenvalue weighted by atomic mass is 9.97. The zero-order chi connectivity index (χ0) is 11.9. The monoisotopic (exact) mass is 216 g/mol. The molecule has 2 aromatic rings. The average molecular weight is 216 g/mol. The number of nitrogens with zero attached hydrogens (tertiary/aromatic N) is 1. The van der Waals surface area contributed by atoms with E-state index < -0.39 is 0 Å². The smallest absolute Gasteiger partial charge is 0.0485 e. The third-order valence-corrected chi connectivity index (χ3v) is 3.54. The molecule has 86 valence electrons. The van der Waals surface area contributed by atoms with Crippen LogP contribution in [0, 0.1) is 13.8 Å². The number of nitrogens with two attached hydrogens (primary N) is 1. The lowest BCUT2D eigenvalue weighted by Gasteiger charge is -2.09. The van der Waals surface area contributed by atoms with Crippen LogP contribution in [0.2, 0.25) is 0 Å². The normalized spacial score (nSPS) is 13.3. The van der Waals surface area contributed by atoms with Gasteiger partial charge in [0.2, 0.25) is 0 Å². The number of rotatable bonds is 2. The Bertz CT molecular complexity index is 523. The van der Waals surface area contributed by atoms with Gasteiger partial charge in [0.15, 0.2) is 0 Å². The minimum atomic E-state index is 0.423. The fourth-order valence-electron chi connectivity index (χ4n) is 2.44. The third kappa shape index (κ3) is 1.54. The van der Waals surface area contributed by atoms with Gasteiger partial charge >= 0.3 is 0 Å². The van der Waals surface area contributed by atoms with E-state index in [1.807, 2.05) is 0 Å². The molecule has 16 heavy (non-hydrogen) atoms. The summed E-state index contributed by atoms with van der Waals surface area (Å²) in [5.74, 6) is 0.423. The number of hydrogen-bond acceptors (Lipinski definition) is 1. The SMILES string of the molecule is Cc1ccc2c(C(C)CN)c(C)n(C)c2c1. The van der Waals surface area contributed by atoms with E-state index in [-0.39, 0.29) is 0 Å². The summed E-state index contributed by atoms with van der Waals surface area (Å²) in [6, 6.07) is 6.64. The van der Waals surface area contributed by atoms with E-state index in [1.54, 1.807) is 0 Å². The van der Waals surface area contributed by atoms with Crippen LogP contribution in [0.5, 0.6) is 0 Å². The third-order valence-electron chi connectivity index (χ3n) is 3.54. The van der Waals surface area contributed by atoms with E-state index in [1.165, 1.54) is 27.7 Å². The Hall–Kier alpha value is -1.28. The summed E-state index contributed by atoms with van der Waals surface area (Å²) in [5, 5.41) is 1.35. The van der Waals surface area contributed by atoms with Gasteiger partial charge < -0.3 is 10.3 Å². The van der Waals surface area contributed by atoms with E-state index in [9.17, 15) is 0 Å². The van der Waals surface area contributed by atoms with Crippen molar-refractivity contribution in [2.45, 2.75) is 26.7 Å². The van der Waals surface area contributed by atoms with Crippen molar-refractivity contribution in [1.29, 1.82) is 0 Å². The first-order valence-corrected chi connectivity index (χ1v) is 5.81. The highest BCUT2D eigenvalue weighted by molar-refractivity contribution is 5.86.